The summed E-state index contributed by atoms with van der Waals surface area (Å²) >= 11 is 5.86. The highest BCUT2D eigenvalue weighted by Crippen LogP contribution is 2.20. The van der Waals surface area contributed by atoms with Crippen molar-refractivity contribution in [2.75, 3.05) is 13.2 Å². The molecule has 1 aromatic heterocycles. The minimum atomic E-state index is 0.0512. The third-order valence-electron chi connectivity index (χ3n) is 2.41. The zero-order valence-electron chi connectivity index (χ0n) is 11.9. The van der Waals surface area contributed by atoms with E-state index in [1.807, 2.05) is 0 Å². The Morgan fingerprint density at radius 2 is 1.89 bits per heavy atom. The van der Waals surface area contributed by atoms with E-state index in [0.29, 0.717) is 17.4 Å². The van der Waals surface area contributed by atoms with Crippen molar-refractivity contribution in [1.29, 1.82) is 0 Å². The van der Waals surface area contributed by atoms with Gasteiger partial charge in [-0.1, -0.05) is 25.4 Å². The van der Waals surface area contributed by atoms with Crippen molar-refractivity contribution in [3.63, 3.8) is 0 Å². The van der Waals surface area contributed by atoms with Crippen LogP contribution in [-0.4, -0.2) is 23.7 Å². The SMILES string of the molecule is CC(C)(CNC(C)(C)C)COc1cncc(Cl)c1. The molecular weight excluding hydrogens is 248 g/mol. The third-order valence-corrected chi connectivity index (χ3v) is 2.61. The Labute approximate surface area is 115 Å². The molecule has 0 amide bonds. The Morgan fingerprint density at radius 3 is 2.44 bits per heavy atom. The van der Waals surface area contributed by atoms with E-state index in [1.165, 1.54) is 0 Å². The normalized spacial score (nSPS) is 12.6. The van der Waals surface area contributed by atoms with Crippen LogP contribution in [0.15, 0.2) is 18.5 Å². The van der Waals surface area contributed by atoms with Crippen LogP contribution in [0.4, 0.5) is 0 Å². The van der Waals surface area contributed by atoms with Gasteiger partial charge in [0.05, 0.1) is 17.8 Å². The molecule has 3 nitrogen and oxygen atoms in total. The van der Waals surface area contributed by atoms with E-state index in [0.717, 1.165) is 6.54 Å². The van der Waals surface area contributed by atoms with E-state index in [9.17, 15) is 0 Å². The molecule has 1 N–H and O–H groups in total. The molecule has 0 fully saturated rings. The molecule has 0 aliphatic carbocycles. The largest absolute Gasteiger partial charge is 0.491 e. The topological polar surface area (TPSA) is 34.1 Å². The molecule has 1 aromatic rings. The number of hydrogen-bond acceptors (Lipinski definition) is 3. The van der Waals surface area contributed by atoms with Gasteiger partial charge in [-0.05, 0) is 20.8 Å². The van der Waals surface area contributed by atoms with Crippen LogP contribution in [0.5, 0.6) is 5.75 Å². The first-order valence-electron chi connectivity index (χ1n) is 6.16. The lowest BCUT2D eigenvalue weighted by Crippen LogP contribution is -2.43. The monoisotopic (exact) mass is 270 g/mol. The molecule has 0 aliphatic heterocycles. The van der Waals surface area contributed by atoms with Gasteiger partial charge in [-0.2, -0.15) is 0 Å². The predicted octanol–water partition coefficient (Wildman–Crippen LogP) is 3.53. The fourth-order valence-electron chi connectivity index (χ4n) is 1.31. The quantitative estimate of drug-likeness (QED) is 0.889. The van der Waals surface area contributed by atoms with Crippen molar-refractivity contribution >= 4 is 11.6 Å². The summed E-state index contributed by atoms with van der Waals surface area (Å²) in [6, 6.07) is 1.78. The summed E-state index contributed by atoms with van der Waals surface area (Å²) in [5, 5.41) is 4.08. The number of ether oxygens (including phenoxy) is 1. The van der Waals surface area contributed by atoms with Gasteiger partial charge in [0.15, 0.2) is 0 Å². The summed E-state index contributed by atoms with van der Waals surface area (Å²) < 4.78 is 5.73. The van der Waals surface area contributed by atoms with Crippen LogP contribution in [0.3, 0.4) is 0 Å². The van der Waals surface area contributed by atoms with Gasteiger partial charge in [0.2, 0.25) is 0 Å². The van der Waals surface area contributed by atoms with E-state index >= 15 is 0 Å². The van der Waals surface area contributed by atoms with Crippen LogP contribution in [0.2, 0.25) is 5.02 Å². The maximum atomic E-state index is 5.86. The predicted molar refractivity (Wildman–Crippen MR) is 76.3 cm³/mol. The smallest absolute Gasteiger partial charge is 0.139 e. The average molecular weight is 271 g/mol. The zero-order valence-corrected chi connectivity index (χ0v) is 12.6. The third kappa shape index (κ3) is 6.22. The molecule has 102 valence electrons. The average Bonchev–Trinajstić information content (AvgIpc) is 2.24. The second-order valence-corrected chi connectivity index (χ2v) is 6.83. The minimum absolute atomic E-state index is 0.0512. The molecule has 4 heteroatoms. The zero-order chi connectivity index (χ0) is 13.8. The lowest BCUT2D eigenvalue weighted by molar-refractivity contribution is 0.165. The Hall–Kier alpha value is -0.800. The summed E-state index contributed by atoms with van der Waals surface area (Å²) in [4.78, 5) is 4.00. The maximum Gasteiger partial charge on any atom is 0.139 e. The number of rotatable bonds is 5. The highest BCUT2D eigenvalue weighted by Gasteiger charge is 2.21. The van der Waals surface area contributed by atoms with Crippen LogP contribution in [0.1, 0.15) is 34.6 Å². The van der Waals surface area contributed by atoms with Gasteiger partial charge >= 0.3 is 0 Å². The first-order valence-corrected chi connectivity index (χ1v) is 6.54. The molecule has 0 atom stereocenters. The molecule has 0 bridgehead atoms. The first-order chi connectivity index (χ1) is 8.18. The van der Waals surface area contributed by atoms with Gasteiger partial charge in [0.25, 0.3) is 0 Å². The Morgan fingerprint density at radius 1 is 1.22 bits per heavy atom. The first kappa shape index (κ1) is 15.3. The van der Waals surface area contributed by atoms with Gasteiger partial charge in [-0.15, -0.1) is 0 Å². The second-order valence-electron chi connectivity index (χ2n) is 6.40. The van der Waals surface area contributed by atoms with Crippen molar-refractivity contribution in [3.05, 3.63) is 23.5 Å². The Bertz CT molecular complexity index is 386. The standard InChI is InChI=1S/C14H23ClN2O/c1-13(2,3)17-9-14(4,5)10-18-12-6-11(15)7-16-8-12/h6-8,17H,9-10H2,1-5H3. The van der Waals surface area contributed by atoms with Crippen LogP contribution in [0, 0.1) is 5.41 Å². The molecule has 1 rings (SSSR count). The summed E-state index contributed by atoms with van der Waals surface area (Å²) in [7, 11) is 0. The van der Waals surface area contributed by atoms with Crippen molar-refractivity contribution in [2.24, 2.45) is 5.41 Å². The van der Waals surface area contributed by atoms with E-state index in [2.05, 4.69) is 44.9 Å². The number of aromatic nitrogens is 1. The number of nitrogens with one attached hydrogen (secondary N) is 1. The fourth-order valence-corrected chi connectivity index (χ4v) is 1.47. The maximum absolute atomic E-state index is 5.86. The number of hydrogen-bond donors (Lipinski definition) is 1. The van der Waals surface area contributed by atoms with Crippen LogP contribution < -0.4 is 10.1 Å². The lowest BCUT2D eigenvalue weighted by atomic mass is 9.93. The van der Waals surface area contributed by atoms with Gasteiger partial charge in [-0.3, -0.25) is 4.98 Å². The van der Waals surface area contributed by atoms with Crippen LogP contribution >= 0.6 is 11.6 Å². The van der Waals surface area contributed by atoms with Crippen molar-refractivity contribution in [1.82, 2.24) is 10.3 Å². The molecule has 0 saturated heterocycles. The molecule has 0 saturated carbocycles. The van der Waals surface area contributed by atoms with Crippen molar-refractivity contribution in [2.45, 2.75) is 40.2 Å². The van der Waals surface area contributed by atoms with Gasteiger partial charge in [0, 0.05) is 29.8 Å². The summed E-state index contributed by atoms with van der Waals surface area (Å²) in [5.74, 6) is 0.714. The van der Waals surface area contributed by atoms with Crippen LogP contribution in [0.25, 0.3) is 0 Å². The number of pyridine rings is 1. The van der Waals surface area contributed by atoms with Gasteiger partial charge in [0.1, 0.15) is 5.75 Å². The fraction of sp³-hybridized carbons (Fsp3) is 0.643. The van der Waals surface area contributed by atoms with Gasteiger partial charge in [-0.25, -0.2) is 0 Å². The molecule has 0 spiro atoms. The van der Waals surface area contributed by atoms with E-state index in [-0.39, 0.29) is 11.0 Å². The summed E-state index contributed by atoms with van der Waals surface area (Å²) in [6.45, 7) is 12.3. The number of halogens is 1. The Balaban J connectivity index is 2.46. The Kier molecular flexibility index (Phi) is 5.00. The number of nitrogens with zero attached hydrogens (tertiary/aromatic N) is 1. The van der Waals surface area contributed by atoms with Crippen molar-refractivity contribution in [3.8, 4) is 5.75 Å². The molecule has 0 aromatic carbocycles. The molecule has 0 aliphatic rings. The van der Waals surface area contributed by atoms with Crippen LogP contribution in [-0.2, 0) is 0 Å². The van der Waals surface area contributed by atoms with E-state index in [4.69, 9.17) is 16.3 Å². The highest BCUT2D eigenvalue weighted by molar-refractivity contribution is 6.30. The lowest BCUT2D eigenvalue weighted by Gasteiger charge is -2.30. The van der Waals surface area contributed by atoms with E-state index in [1.54, 1.807) is 18.5 Å². The molecule has 0 radical (unpaired) electrons. The van der Waals surface area contributed by atoms with E-state index < -0.39 is 0 Å². The summed E-state index contributed by atoms with van der Waals surface area (Å²) in [6.07, 6.45) is 3.28. The molecule has 1 heterocycles. The van der Waals surface area contributed by atoms with Crippen molar-refractivity contribution < 1.29 is 4.74 Å². The second kappa shape index (κ2) is 5.89. The highest BCUT2D eigenvalue weighted by atomic mass is 35.5. The molecular formula is C14H23ClN2O. The minimum Gasteiger partial charge on any atom is -0.491 e. The molecule has 0 unspecified atom stereocenters. The summed E-state index contributed by atoms with van der Waals surface area (Å²) in [5.41, 5.74) is 0.171. The van der Waals surface area contributed by atoms with Gasteiger partial charge < -0.3 is 10.1 Å². The molecule has 18 heavy (non-hydrogen) atoms.